The van der Waals surface area contributed by atoms with Crippen LogP contribution in [0.25, 0.3) is 10.9 Å². The summed E-state index contributed by atoms with van der Waals surface area (Å²) in [6.07, 6.45) is 1.57. The van der Waals surface area contributed by atoms with Crippen molar-refractivity contribution in [3.05, 3.63) is 34.9 Å². The van der Waals surface area contributed by atoms with Crippen LogP contribution >= 0.6 is 0 Å². The van der Waals surface area contributed by atoms with E-state index in [1.165, 1.54) is 0 Å². The van der Waals surface area contributed by atoms with Crippen LogP contribution in [0.2, 0.25) is 0 Å². The molecule has 5 nitrogen and oxygen atoms in total. The fraction of sp³-hybridized carbons (Fsp3) is 0.250. The van der Waals surface area contributed by atoms with Crippen molar-refractivity contribution in [3.8, 4) is 0 Å². The van der Waals surface area contributed by atoms with E-state index in [0.717, 1.165) is 10.9 Å². The number of hydrogen-bond donors (Lipinski definition) is 2. The summed E-state index contributed by atoms with van der Waals surface area (Å²) in [6.45, 7) is 4.00. The largest absolute Gasteiger partial charge is 0.481 e. The minimum atomic E-state index is -0.902. The molecule has 2 rings (SSSR count). The lowest BCUT2D eigenvalue weighted by molar-refractivity contribution is -0.136. The summed E-state index contributed by atoms with van der Waals surface area (Å²) >= 11 is 0. The van der Waals surface area contributed by atoms with Crippen LogP contribution in [0.1, 0.15) is 19.4 Å². The predicted octanol–water partition coefficient (Wildman–Crippen LogP) is 3.22. The fourth-order valence-electron chi connectivity index (χ4n) is 1.53. The molecule has 0 aliphatic carbocycles. The molecule has 0 spiro atoms. The molecule has 0 saturated heterocycles. The zero-order valence-corrected chi connectivity index (χ0v) is 9.73. The third kappa shape index (κ3) is 2.90. The van der Waals surface area contributed by atoms with Crippen LogP contribution in [0.4, 0.5) is 5.69 Å². The highest BCUT2D eigenvalue weighted by Gasteiger charge is 2.08. The fourth-order valence-corrected chi connectivity index (χ4v) is 1.53. The van der Waals surface area contributed by atoms with Crippen molar-refractivity contribution in [2.45, 2.75) is 20.3 Å². The van der Waals surface area contributed by atoms with Crippen molar-refractivity contribution in [2.75, 3.05) is 0 Å². The van der Waals surface area contributed by atoms with Crippen molar-refractivity contribution in [2.24, 2.45) is 5.18 Å². The van der Waals surface area contributed by atoms with Gasteiger partial charge in [0.05, 0.1) is 6.42 Å². The molecule has 0 atom stereocenters. The van der Waals surface area contributed by atoms with E-state index in [4.69, 9.17) is 5.11 Å². The third-order valence-electron chi connectivity index (χ3n) is 2.20. The minimum Gasteiger partial charge on any atom is -0.481 e. The van der Waals surface area contributed by atoms with E-state index in [2.05, 4.69) is 10.2 Å². The Hall–Kier alpha value is -2.17. The first-order chi connectivity index (χ1) is 8.20. The van der Waals surface area contributed by atoms with E-state index in [0.29, 0.717) is 11.3 Å². The van der Waals surface area contributed by atoms with Gasteiger partial charge in [0.2, 0.25) is 0 Å². The van der Waals surface area contributed by atoms with Crippen LogP contribution in [0, 0.1) is 4.91 Å². The lowest BCUT2D eigenvalue weighted by atomic mass is 10.1. The van der Waals surface area contributed by atoms with Gasteiger partial charge in [0.15, 0.2) is 0 Å². The SMILES string of the molecule is CC.O=Nc1ccc2[nH]cc(CC(=O)O)c2c1. The van der Waals surface area contributed by atoms with Crippen molar-refractivity contribution >= 4 is 22.6 Å². The zero-order chi connectivity index (χ0) is 12.8. The molecule has 2 aromatic rings. The summed E-state index contributed by atoms with van der Waals surface area (Å²) in [5.41, 5.74) is 1.76. The molecule has 0 aliphatic rings. The van der Waals surface area contributed by atoms with Crippen molar-refractivity contribution < 1.29 is 9.90 Å². The molecular weight excluding hydrogens is 220 g/mol. The van der Waals surface area contributed by atoms with Crippen LogP contribution in [0.5, 0.6) is 0 Å². The molecule has 0 unspecified atom stereocenters. The summed E-state index contributed by atoms with van der Waals surface area (Å²) in [5, 5.41) is 12.2. The Kier molecular flexibility index (Phi) is 4.39. The Balaban J connectivity index is 0.000000686. The maximum absolute atomic E-state index is 10.6. The molecule has 90 valence electrons. The number of hydrogen-bond acceptors (Lipinski definition) is 3. The number of fused-ring (bicyclic) bond motifs is 1. The van der Waals surface area contributed by atoms with Crippen molar-refractivity contribution in [3.63, 3.8) is 0 Å². The van der Waals surface area contributed by atoms with Crippen LogP contribution < -0.4 is 0 Å². The Morgan fingerprint density at radius 2 is 2.12 bits per heavy atom. The molecule has 17 heavy (non-hydrogen) atoms. The average molecular weight is 234 g/mol. The number of rotatable bonds is 3. The molecule has 2 N–H and O–H groups in total. The summed E-state index contributed by atoms with van der Waals surface area (Å²) < 4.78 is 0. The van der Waals surface area contributed by atoms with E-state index in [1.54, 1.807) is 24.4 Å². The van der Waals surface area contributed by atoms with Crippen LogP contribution in [-0.2, 0) is 11.2 Å². The number of carboxylic acid groups (broad SMARTS) is 1. The highest BCUT2D eigenvalue weighted by Crippen LogP contribution is 2.24. The zero-order valence-electron chi connectivity index (χ0n) is 9.73. The van der Waals surface area contributed by atoms with E-state index < -0.39 is 5.97 Å². The number of aliphatic carboxylic acids is 1. The van der Waals surface area contributed by atoms with E-state index in [1.807, 2.05) is 13.8 Å². The molecule has 1 aromatic heterocycles. The van der Waals surface area contributed by atoms with Gasteiger partial charge in [-0.2, -0.15) is 0 Å². The predicted molar refractivity (Wildman–Crippen MR) is 66.4 cm³/mol. The van der Waals surface area contributed by atoms with Gasteiger partial charge < -0.3 is 10.1 Å². The minimum absolute atomic E-state index is 0.0672. The van der Waals surface area contributed by atoms with Crippen LogP contribution in [0.3, 0.4) is 0 Å². The molecule has 5 heteroatoms. The van der Waals surface area contributed by atoms with Gasteiger partial charge in [-0.05, 0) is 28.9 Å². The number of nitroso groups, excluding NO2 is 1. The summed E-state index contributed by atoms with van der Waals surface area (Å²) in [7, 11) is 0. The number of aromatic amines is 1. The molecule has 0 saturated carbocycles. The van der Waals surface area contributed by atoms with Gasteiger partial charge in [0.1, 0.15) is 5.69 Å². The van der Waals surface area contributed by atoms with Crippen LogP contribution in [-0.4, -0.2) is 16.1 Å². The topological polar surface area (TPSA) is 82.5 Å². The molecule has 0 radical (unpaired) electrons. The highest BCUT2D eigenvalue weighted by atomic mass is 16.4. The lowest BCUT2D eigenvalue weighted by Crippen LogP contribution is -1.98. The molecule has 0 amide bonds. The summed E-state index contributed by atoms with van der Waals surface area (Å²) in [4.78, 5) is 23.8. The monoisotopic (exact) mass is 234 g/mol. The smallest absolute Gasteiger partial charge is 0.307 e. The average Bonchev–Trinajstić information content (AvgIpc) is 2.73. The molecule has 0 aliphatic heterocycles. The van der Waals surface area contributed by atoms with Crippen molar-refractivity contribution in [1.82, 2.24) is 4.98 Å². The van der Waals surface area contributed by atoms with Crippen molar-refractivity contribution in [1.29, 1.82) is 0 Å². The maximum Gasteiger partial charge on any atom is 0.307 e. The summed E-state index contributed by atoms with van der Waals surface area (Å²) in [6, 6.07) is 4.87. The Labute approximate surface area is 98.4 Å². The summed E-state index contributed by atoms with van der Waals surface area (Å²) in [5.74, 6) is -0.902. The van der Waals surface area contributed by atoms with E-state index in [9.17, 15) is 9.70 Å². The van der Waals surface area contributed by atoms with Gasteiger partial charge in [0.25, 0.3) is 0 Å². The van der Waals surface area contributed by atoms with Crippen LogP contribution in [0.15, 0.2) is 29.6 Å². The van der Waals surface area contributed by atoms with E-state index >= 15 is 0 Å². The van der Waals surface area contributed by atoms with Gasteiger partial charge in [-0.1, -0.05) is 13.8 Å². The molecule has 1 heterocycles. The number of carboxylic acids is 1. The van der Waals surface area contributed by atoms with Gasteiger partial charge in [-0.25, -0.2) is 0 Å². The normalized spacial score (nSPS) is 9.53. The molecule has 0 fully saturated rings. The standard InChI is InChI=1S/C10H8N2O3.C2H6/c13-10(14)3-6-5-11-9-2-1-7(12-15)4-8(6)9;1-2/h1-2,4-5,11H,3H2,(H,13,14);1-2H3. The van der Waals surface area contributed by atoms with Gasteiger partial charge in [-0.3, -0.25) is 4.79 Å². The molecular formula is C12H14N2O3. The molecule has 0 bridgehead atoms. The quantitative estimate of drug-likeness (QED) is 0.800. The Morgan fingerprint density at radius 1 is 1.41 bits per heavy atom. The molecule has 1 aromatic carbocycles. The number of aromatic nitrogens is 1. The Bertz CT molecular complexity index is 532. The highest BCUT2D eigenvalue weighted by molar-refractivity contribution is 5.88. The van der Waals surface area contributed by atoms with Gasteiger partial charge in [0, 0.05) is 17.1 Å². The number of nitrogens with one attached hydrogen (secondary N) is 1. The Morgan fingerprint density at radius 3 is 2.71 bits per heavy atom. The number of H-pyrrole nitrogens is 1. The number of nitrogens with zero attached hydrogens (tertiary/aromatic N) is 1. The second-order valence-electron chi connectivity index (χ2n) is 3.21. The second-order valence-corrected chi connectivity index (χ2v) is 3.21. The maximum atomic E-state index is 10.6. The van der Waals surface area contributed by atoms with Gasteiger partial charge >= 0.3 is 5.97 Å². The van der Waals surface area contributed by atoms with E-state index in [-0.39, 0.29) is 6.42 Å². The third-order valence-corrected chi connectivity index (χ3v) is 2.20. The van der Waals surface area contributed by atoms with Gasteiger partial charge in [-0.15, -0.1) is 4.91 Å². The number of benzene rings is 1. The first-order valence-electron chi connectivity index (χ1n) is 5.36. The lowest BCUT2D eigenvalue weighted by Gasteiger charge is -1.94. The first-order valence-corrected chi connectivity index (χ1v) is 5.36. The number of carbonyl (C=O) groups is 1. The first kappa shape index (κ1) is 12.9. The second kappa shape index (κ2) is 5.79.